The van der Waals surface area contributed by atoms with Gasteiger partial charge in [0.25, 0.3) is 5.91 Å². The number of hydrogen-bond acceptors (Lipinski definition) is 6. The SMILES string of the molecule is O=C(c1ccc(N2CCOCC2)cc1)N1CCN(Cc2ccc3c(c2)OCO3)CC1. The van der Waals surface area contributed by atoms with Crippen molar-refractivity contribution in [3.63, 3.8) is 0 Å². The van der Waals surface area contributed by atoms with Crippen molar-refractivity contribution >= 4 is 11.6 Å². The van der Waals surface area contributed by atoms with Crippen LogP contribution < -0.4 is 14.4 Å². The van der Waals surface area contributed by atoms with Gasteiger partial charge in [0.15, 0.2) is 11.5 Å². The van der Waals surface area contributed by atoms with E-state index >= 15 is 0 Å². The fourth-order valence-corrected chi connectivity index (χ4v) is 4.23. The van der Waals surface area contributed by atoms with Crippen LogP contribution in [-0.2, 0) is 11.3 Å². The van der Waals surface area contributed by atoms with E-state index in [1.54, 1.807) is 0 Å². The lowest BCUT2D eigenvalue weighted by molar-refractivity contribution is 0.0628. The number of benzene rings is 2. The van der Waals surface area contributed by atoms with E-state index in [1.165, 1.54) is 5.56 Å². The zero-order chi connectivity index (χ0) is 20.3. The minimum atomic E-state index is 0.117. The van der Waals surface area contributed by atoms with Crippen LogP contribution in [0.5, 0.6) is 11.5 Å². The monoisotopic (exact) mass is 409 g/mol. The van der Waals surface area contributed by atoms with Crippen molar-refractivity contribution in [3.05, 3.63) is 53.6 Å². The molecule has 1 amide bonds. The van der Waals surface area contributed by atoms with Crippen LogP contribution in [0.2, 0.25) is 0 Å². The summed E-state index contributed by atoms with van der Waals surface area (Å²) >= 11 is 0. The average Bonchev–Trinajstić information content (AvgIpc) is 3.28. The van der Waals surface area contributed by atoms with E-state index in [0.717, 1.165) is 81.8 Å². The zero-order valence-corrected chi connectivity index (χ0v) is 17.1. The number of fused-ring (bicyclic) bond motifs is 1. The van der Waals surface area contributed by atoms with Gasteiger partial charge in [0.1, 0.15) is 0 Å². The molecule has 2 fully saturated rings. The Labute approximate surface area is 176 Å². The first-order chi connectivity index (χ1) is 14.8. The summed E-state index contributed by atoms with van der Waals surface area (Å²) in [6.45, 7) is 7.70. The normalized spacial score (nSPS) is 19.2. The molecule has 0 radical (unpaired) electrons. The first-order valence-electron chi connectivity index (χ1n) is 10.6. The second kappa shape index (κ2) is 8.53. The van der Waals surface area contributed by atoms with E-state index in [2.05, 4.69) is 34.1 Å². The molecular weight excluding hydrogens is 382 g/mol. The third-order valence-corrected chi connectivity index (χ3v) is 5.99. The molecule has 0 aliphatic carbocycles. The Kier molecular flexibility index (Phi) is 5.46. The average molecular weight is 409 g/mol. The molecule has 158 valence electrons. The Bertz CT molecular complexity index is 888. The Morgan fingerprint density at radius 2 is 1.57 bits per heavy atom. The van der Waals surface area contributed by atoms with Gasteiger partial charge in [-0.3, -0.25) is 9.69 Å². The highest BCUT2D eigenvalue weighted by Crippen LogP contribution is 2.32. The predicted octanol–water partition coefficient (Wildman–Crippen LogP) is 2.21. The van der Waals surface area contributed by atoms with Crippen molar-refractivity contribution in [3.8, 4) is 11.5 Å². The highest BCUT2D eigenvalue weighted by atomic mass is 16.7. The summed E-state index contributed by atoms with van der Waals surface area (Å²) in [4.78, 5) is 19.6. The standard InChI is InChI=1S/C23H27N3O4/c27-23(19-2-4-20(5-3-19)25-11-13-28-14-12-25)26-9-7-24(8-10-26)16-18-1-6-21-22(15-18)30-17-29-21/h1-6,15H,7-14,16-17H2. The molecule has 5 rings (SSSR count). The predicted molar refractivity (Wildman–Crippen MR) is 113 cm³/mol. The number of rotatable bonds is 4. The smallest absolute Gasteiger partial charge is 0.253 e. The van der Waals surface area contributed by atoms with Gasteiger partial charge in [0.05, 0.1) is 13.2 Å². The molecule has 7 heteroatoms. The lowest BCUT2D eigenvalue weighted by Gasteiger charge is -2.35. The van der Waals surface area contributed by atoms with Gasteiger partial charge in [0, 0.05) is 57.1 Å². The van der Waals surface area contributed by atoms with Gasteiger partial charge < -0.3 is 24.0 Å². The summed E-state index contributed by atoms with van der Waals surface area (Å²) in [5.41, 5.74) is 3.12. The van der Waals surface area contributed by atoms with Crippen LogP contribution in [0.1, 0.15) is 15.9 Å². The topological polar surface area (TPSA) is 54.5 Å². The molecule has 0 unspecified atom stereocenters. The molecule has 30 heavy (non-hydrogen) atoms. The largest absolute Gasteiger partial charge is 0.454 e. The minimum absolute atomic E-state index is 0.117. The molecule has 2 saturated heterocycles. The van der Waals surface area contributed by atoms with E-state index in [-0.39, 0.29) is 5.91 Å². The van der Waals surface area contributed by atoms with Crippen LogP contribution >= 0.6 is 0 Å². The van der Waals surface area contributed by atoms with Crippen molar-refractivity contribution in [2.45, 2.75) is 6.54 Å². The summed E-state index contributed by atoms with van der Waals surface area (Å²) in [6.07, 6.45) is 0. The Balaban J connectivity index is 1.15. The van der Waals surface area contributed by atoms with E-state index in [9.17, 15) is 4.79 Å². The third kappa shape index (κ3) is 4.08. The van der Waals surface area contributed by atoms with Gasteiger partial charge in [-0.2, -0.15) is 0 Å². The molecule has 0 aromatic heterocycles. The highest BCUT2D eigenvalue weighted by Gasteiger charge is 2.23. The fourth-order valence-electron chi connectivity index (χ4n) is 4.23. The van der Waals surface area contributed by atoms with Gasteiger partial charge in [-0.1, -0.05) is 6.07 Å². The van der Waals surface area contributed by atoms with Crippen LogP contribution in [0.3, 0.4) is 0 Å². The second-order valence-corrected chi connectivity index (χ2v) is 7.90. The molecule has 0 bridgehead atoms. The molecule has 7 nitrogen and oxygen atoms in total. The zero-order valence-electron chi connectivity index (χ0n) is 17.1. The number of morpholine rings is 1. The van der Waals surface area contributed by atoms with Crippen molar-refractivity contribution in [1.82, 2.24) is 9.80 Å². The molecule has 0 spiro atoms. The van der Waals surface area contributed by atoms with Gasteiger partial charge in [-0.15, -0.1) is 0 Å². The number of piperazine rings is 1. The molecular formula is C23H27N3O4. The summed E-state index contributed by atoms with van der Waals surface area (Å²) < 4.78 is 16.3. The Morgan fingerprint density at radius 1 is 0.833 bits per heavy atom. The minimum Gasteiger partial charge on any atom is -0.454 e. The molecule has 3 heterocycles. The van der Waals surface area contributed by atoms with E-state index in [4.69, 9.17) is 14.2 Å². The highest BCUT2D eigenvalue weighted by molar-refractivity contribution is 5.94. The fraction of sp³-hybridized carbons (Fsp3) is 0.435. The van der Waals surface area contributed by atoms with E-state index < -0.39 is 0 Å². The van der Waals surface area contributed by atoms with Gasteiger partial charge >= 0.3 is 0 Å². The lowest BCUT2D eigenvalue weighted by atomic mass is 10.1. The number of amides is 1. The first kappa shape index (κ1) is 19.2. The molecule has 0 atom stereocenters. The number of hydrogen-bond donors (Lipinski definition) is 0. The summed E-state index contributed by atoms with van der Waals surface area (Å²) in [6, 6.07) is 14.1. The van der Waals surface area contributed by atoms with Crippen LogP contribution in [0.15, 0.2) is 42.5 Å². The number of nitrogens with zero attached hydrogens (tertiary/aromatic N) is 3. The summed E-state index contributed by atoms with van der Waals surface area (Å²) in [7, 11) is 0. The first-order valence-corrected chi connectivity index (χ1v) is 10.6. The molecule has 0 N–H and O–H groups in total. The quantitative estimate of drug-likeness (QED) is 0.772. The van der Waals surface area contributed by atoms with Crippen molar-refractivity contribution < 1.29 is 19.0 Å². The lowest BCUT2D eigenvalue weighted by Crippen LogP contribution is -2.48. The van der Waals surface area contributed by atoms with Gasteiger partial charge in [-0.25, -0.2) is 0 Å². The number of carbonyl (C=O) groups excluding carboxylic acids is 1. The number of ether oxygens (including phenoxy) is 3. The van der Waals surface area contributed by atoms with E-state index in [0.29, 0.717) is 6.79 Å². The van der Waals surface area contributed by atoms with Crippen molar-refractivity contribution in [2.24, 2.45) is 0 Å². The van der Waals surface area contributed by atoms with Crippen LogP contribution in [0.4, 0.5) is 5.69 Å². The molecule has 3 aliphatic heterocycles. The summed E-state index contributed by atoms with van der Waals surface area (Å²) in [5, 5.41) is 0. The maximum atomic E-state index is 12.9. The van der Waals surface area contributed by atoms with Crippen LogP contribution in [0, 0.1) is 0 Å². The Morgan fingerprint density at radius 3 is 2.33 bits per heavy atom. The molecule has 2 aromatic carbocycles. The van der Waals surface area contributed by atoms with E-state index in [1.807, 2.05) is 23.1 Å². The van der Waals surface area contributed by atoms with Crippen LogP contribution in [0.25, 0.3) is 0 Å². The summed E-state index contributed by atoms with van der Waals surface area (Å²) in [5.74, 6) is 1.75. The van der Waals surface area contributed by atoms with Gasteiger partial charge in [0.2, 0.25) is 6.79 Å². The molecule has 3 aliphatic rings. The number of carbonyl (C=O) groups is 1. The Hall–Kier alpha value is -2.77. The van der Waals surface area contributed by atoms with Crippen molar-refractivity contribution in [1.29, 1.82) is 0 Å². The maximum absolute atomic E-state index is 12.9. The maximum Gasteiger partial charge on any atom is 0.253 e. The molecule has 2 aromatic rings. The van der Waals surface area contributed by atoms with Gasteiger partial charge in [-0.05, 0) is 42.0 Å². The molecule has 0 saturated carbocycles. The second-order valence-electron chi connectivity index (χ2n) is 7.90. The van der Waals surface area contributed by atoms with Crippen molar-refractivity contribution in [2.75, 3.05) is 64.2 Å². The third-order valence-electron chi connectivity index (χ3n) is 5.99. The van der Waals surface area contributed by atoms with Crippen LogP contribution in [-0.4, -0.2) is 75.0 Å². The number of anilines is 1.